The largest absolute Gasteiger partial charge is 0.497 e. The molecule has 5 nitrogen and oxygen atoms in total. The molecule has 0 bridgehead atoms. The van der Waals surface area contributed by atoms with Gasteiger partial charge >= 0.3 is 0 Å². The number of carbonyl (C=O) groups excluding carboxylic acids is 1. The van der Waals surface area contributed by atoms with Crippen molar-refractivity contribution in [1.29, 1.82) is 0 Å². The summed E-state index contributed by atoms with van der Waals surface area (Å²) in [6, 6.07) is 5.34. The molecule has 0 radical (unpaired) electrons. The van der Waals surface area contributed by atoms with Crippen LogP contribution in [0.5, 0.6) is 5.75 Å². The molecular weight excluding hydrogens is 312 g/mol. The predicted molar refractivity (Wildman–Crippen MR) is 74.6 cm³/mol. The molecule has 1 heterocycles. The van der Waals surface area contributed by atoms with Gasteiger partial charge in [-0.25, -0.2) is 0 Å². The van der Waals surface area contributed by atoms with Crippen LogP contribution < -0.4 is 10.1 Å². The van der Waals surface area contributed by atoms with Gasteiger partial charge in [-0.05, 0) is 41.9 Å². The molecular formula is C13H13BrN2O3. The average molecular weight is 325 g/mol. The topological polar surface area (TPSA) is 64.4 Å². The Morgan fingerprint density at radius 1 is 1.42 bits per heavy atom. The summed E-state index contributed by atoms with van der Waals surface area (Å²) in [4.78, 5) is 12.2. The van der Waals surface area contributed by atoms with Crippen molar-refractivity contribution in [2.24, 2.45) is 0 Å². The van der Waals surface area contributed by atoms with Crippen LogP contribution in [-0.4, -0.2) is 18.2 Å². The lowest BCUT2D eigenvalue weighted by molar-refractivity contribution is 0.102. The van der Waals surface area contributed by atoms with Gasteiger partial charge in [-0.2, -0.15) is 0 Å². The third-order valence-electron chi connectivity index (χ3n) is 2.68. The number of methoxy groups -OCH3 is 1. The monoisotopic (exact) mass is 324 g/mol. The Labute approximate surface area is 119 Å². The number of hydrogen-bond acceptors (Lipinski definition) is 4. The molecule has 0 aliphatic heterocycles. The minimum atomic E-state index is -0.259. The summed E-state index contributed by atoms with van der Waals surface area (Å²) in [6.45, 7) is 3.43. The summed E-state index contributed by atoms with van der Waals surface area (Å²) in [7, 11) is 1.57. The van der Waals surface area contributed by atoms with Gasteiger partial charge in [0.1, 0.15) is 17.1 Å². The van der Waals surface area contributed by atoms with E-state index in [-0.39, 0.29) is 5.91 Å². The van der Waals surface area contributed by atoms with Crippen molar-refractivity contribution in [3.05, 3.63) is 39.7 Å². The number of anilines is 1. The van der Waals surface area contributed by atoms with E-state index in [0.717, 1.165) is 4.47 Å². The summed E-state index contributed by atoms with van der Waals surface area (Å²) in [5, 5.41) is 6.57. The Bertz CT molecular complexity index is 603. The van der Waals surface area contributed by atoms with Crippen molar-refractivity contribution in [2.75, 3.05) is 12.4 Å². The fourth-order valence-electron chi connectivity index (χ4n) is 1.72. The highest BCUT2D eigenvalue weighted by Gasteiger charge is 2.18. The highest BCUT2D eigenvalue weighted by molar-refractivity contribution is 9.10. The number of aryl methyl sites for hydroxylation is 2. The number of amides is 1. The van der Waals surface area contributed by atoms with Crippen molar-refractivity contribution in [3.8, 4) is 5.75 Å². The fourth-order valence-corrected chi connectivity index (χ4v) is 2.06. The van der Waals surface area contributed by atoms with Crippen molar-refractivity contribution in [3.63, 3.8) is 0 Å². The maximum absolute atomic E-state index is 12.2. The number of carbonyl (C=O) groups is 1. The van der Waals surface area contributed by atoms with Crippen molar-refractivity contribution < 1.29 is 14.1 Å². The third-order valence-corrected chi connectivity index (χ3v) is 3.37. The third kappa shape index (κ3) is 2.78. The zero-order valence-electron chi connectivity index (χ0n) is 10.8. The van der Waals surface area contributed by atoms with Crippen LogP contribution in [-0.2, 0) is 0 Å². The van der Waals surface area contributed by atoms with E-state index in [0.29, 0.717) is 28.5 Å². The lowest BCUT2D eigenvalue weighted by Crippen LogP contribution is -2.14. The standard InChI is InChI=1S/C13H13BrN2O3/c1-7-12(8(2)19-16-7)13(17)15-11-6-9(18-3)4-5-10(11)14/h4-6H,1-3H3,(H,15,17). The van der Waals surface area contributed by atoms with Gasteiger partial charge in [0, 0.05) is 10.5 Å². The number of aromatic nitrogens is 1. The second-order valence-electron chi connectivity index (χ2n) is 4.00. The SMILES string of the molecule is COc1ccc(Br)c(NC(=O)c2c(C)noc2C)c1. The Morgan fingerprint density at radius 3 is 2.74 bits per heavy atom. The van der Waals surface area contributed by atoms with Gasteiger partial charge in [-0.15, -0.1) is 0 Å². The zero-order chi connectivity index (χ0) is 14.0. The molecule has 2 rings (SSSR count). The summed E-state index contributed by atoms with van der Waals surface area (Å²) >= 11 is 3.38. The maximum atomic E-state index is 12.2. The molecule has 1 amide bonds. The van der Waals surface area contributed by atoms with E-state index in [4.69, 9.17) is 9.26 Å². The van der Waals surface area contributed by atoms with Crippen LogP contribution in [0.3, 0.4) is 0 Å². The van der Waals surface area contributed by atoms with Gasteiger partial charge in [0.2, 0.25) is 0 Å². The highest BCUT2D eigenvalue weighted by atomic mass is 79.9. The van der Waals surface area contributed by atoms with Gasteiger partial charge in [-0.3, -0.25) is 4.79 Å². The van der Waals surface area contributed by atoms with Gasteiger partial charge in [0.25, 0.3) is 5.91 Å². The molecule has 0 aliphatic rings. The Hall–Kier alpha value is -1.82. The molecule has 0 aliphatic carbocycles. The molecule has 6 heteroatoms. The average Bonchev–Trinajstić information content (AvgIpc) is 2.71. The molecule has 1 aromatic heterocycles. The second-order valence-corrected chi connectivity index (χ2v) is 4.85. The first-order valence-corrected chi connectivity index (χ1v) is 6.40. The molecule has 100 valence electrons. The van der Waals surface area contributed by atoms with E-state index in [2.05, 4.69) is 26.4 Å². The number of halogens is 1. The first kappa shape index (κ1) is 13.6. The van der Waals surface area contributed by atoms with Gasteiger partial charge in [0.05, 0.1) is 18.5 Å². The summed E-state index contributed by atoms with van der Waals surface area (Å²) < 4.78 is 10.9. The fraction of sp³-hybridized carbons (Fsp3) is 0.231. The van der Waals surface area contributed by atoms with Crippen LogP contribution in [0, 0.1) is 13.8 Å². The molecule has 0 atom stereocenters. The number of rotatable bonds is 3. The van der Waals surface area contributed by atoms with E-state index >= 15 is 0 Å². The van der Waals surface area contributed by atoms with Gasteiger partial charge in [-0.1, -0.05) is 5.16 Å². The van der Waals surface area contributed by atoms with Gasteiger partial charge in [0.15, 0.2) is 0 Å². The smallest absolute Gasteiger partial charge is 0.261 e. The molecule has 1 aromatic carbocycles. The number of hydrogen-bond donors (Lipinski definition) is 1. The van der Waals surface area contributed by atoms with Gasteiger partial charge < -0.3 is 14.6 Å². The minimum Gasteiger partial charge on any atom is -0.497 e. The van der Waals surface area contributed by atoms with Crippen LogP contribution in [0.15, 0.2) is 27.2 Å². The molecule has 0 saturated carbocycles. The number of benzene rings is 1. The zero-order valence-corrected chi connectivity index (χ0v) is 12.4. The number of ether oxygens (including phenoxy) is 1. The lowest BCUT2D eigenvalue weighted by atomic mass is 10.2. The number of nitrogens with zero attached hydrogens (tertiary/aromatic N) is 1. The molecule has 0 unspecified atom stereocenters. The van der Waals surface area contributed by atoms with Crippen LogP contribution in [0.25, 0.3) is 0 Å². The Balaban J connectivity index is 2.29. The van der Waals surface area contributed by atoms with E-state index in [9.17, 15) is 4.79 Å². The second kappa shape index (κ2) is 5.44. The van der Waals surface area contributed by atoms with E-state index < -0.39 is 0 Å². The summed E-state index contributed by atoms with van der Waals surface area (Å²) in [5.74, 6) is 0.900. The summed E-state index contributed by atoms with van der Waals surface area (Å²) in [5.41, 5.74) is 1.65. The van der Waals surface area contributed by atoms with Crippen LogP contribution in [0.1, 0.15) is 21.8 Å². The van der Waals surface area contributed by atoms with Crippen LogP contribution in [0.2, 0.25) is 0 Å². The normalized spacial score (nSPS) is 10.3. The molecule has 1 N–H and O–H groups in total. The minimum absolute atomic E-state index is 0.259. The van der Waals surface area contributed by atoms with Crippen molar-refractivity contribution in [1.82, 2.24) is 5.16 Å². The van der Waals surface area contributed by atoms with Crippen molar-refractivity contribution in [2.45, 2.75) is 13.8 Å². The van der Waals surface area contributed by atoms with E-state index in [1.807, 2.05) is 6.07 Å². The Kier molecular flexibility index (Phi) is 3.90. The van der Waals surface area contributed by atoms with Crippen molar-refractivity contribution >= 4 is 27.5 Å². The molecule has 19 heavy (non-hydrogen) atoms. The van der Waals surface area contributed by atoms with Crippen LogP contribution >= 0.6 is 15.9 Å². The van der Waals surface area contributed by atoms with E-state index in [1.54, 1.807) is 33.1 Å². The first-order chi connectivity index (χ1) is 9.02. The quantitative estimate of drug-likeness (QED) is 0.940. The first-order valence-electron chi connectivity index (χ1n) is 5.60. The van der Waals surface area contributed by atoms with Crippen LogP contribution in [0.4, 0.5) is 5.69 Å². The lowest BCUT2D eigenvalue weighted by Gasteiger charge is -2.09. The molecule has 2 aromatic rings. The molecule has 0 saturated heterocycles. The summed E-state index contributed by atoms with van der Waals surface area (Å²) in [6.07, 6.45) is 0. The maximum Gasteiger partial charge on any atom is 0.261 e. The van der Waals surface area contributed by atoms with E-state index in [1.165, 1.54) is 0 Å². The number of nitrogens with one attached hydrogen (secondary N) is 1. The highest BCUT2D eigenvalue weighted by Crippen LogP contribution is 2.28. The Morgan fingerprint density at radius 2 is 2.16 bits per heavy atom. The predicted octanol–water partition coefficient (Wildman–Crippen LogP) is 3.31. The molecule has 0 spiro atoms. The molecule has 0 fully saturated rings.